The van der Waals surface area contributed by atoms with E-state index in [-0.39, 0.29) is 0 Å². The van der Waals surface area contributed by atoms with Crippen molar-refractivity contribution < 1.29 is 14.3 Å². The fraction of sp³-hybridized carbons (Fsp3) is 0.188. The predicted molar refractivity (Wildman–Crippen MR) is 78.2 cm³/mol. The zero-order valence-electron chi connectivity index (χ0n) is 11.8. The number of primary amides is 1. The van der Waals surface area contributed by atoms with Crippen LogP contribution in [0.15, 0.2) is 36.4 Å². The summed E-state index contributed by atoms with van der Waals surface area (Å²) in [6.07, 6.45) is 0. The molecule has 2 aromatic rings. The molecule has 2 rings (SSSR count). The number of carbonyl (C=O) groups is 1. The Morgan fingerprint density at radius 1 is 1.10 bits per heavy atom. The topological polar surface area (TPSA) is 61.5 Å². The molecule has 104 valence electrons. The molecule has 2 aromatic carbocycles. The number of hydrogen-bond acceptors (Lipinski definition) is 3. The first kappa shape index (κ1) is 13.9. The summed E-state index contributed by atoms with van der Waals surface area (Å²) in [7, 11) is 3.09. The minimum absolute atomic E-state index is 0.314. The molecule has 0 aliphatic rings. The van der Waals surface area contributed by atoms with Crippen molar-refractivity contribution >= 4 is 5.91 Å². The van der Waals surface area contributed by atoms with Gasteiger partial charge in [-0.2, -0.15) is 0 Å². The normalized spacial score (nSPS) is 10.2. The number of benzene rings is 2. The van der Waals surface area contributed by atoms with Crippen LogP contribution in [0.3, 0.4) is 0 Å². The highest BCUT2D eigenvalue weighted by Crippen LogP contribution is 2.40. The number of hydrogen-bond donors (Lipinski definition) is 1. The average molecular weight is 271 g/mol. The van der Waals surface area contributed by atoms with Crippen LogP contribution in [0.4, 0.5) is 0 Å². The largest absolute Gasteiger partial charge is 0.496 e. The van der Waals surface area contributed by atoms with Crippen LogP contribution in [-0.2, 0) is 0 Å². The van der Waals surface area contributed by atoms with Crippen LogP contribution in [0.25, 0.3) is 11.1 Å². The van der Waals surface area contributed by atoms with Gasteiger partial charge in [-0.25, -0.2) is 0 Å². The summed E-state index contributed by atoms with van der Waals surface area (Å²) in [6, 6.07) is 11.3. The smallest absolute Gasteiger partial charge is 0.252 e. The molecule has 0 heterocycles. The first-order valence-corrected chi connectivity index (χ1v) is 6.21. The van der Waals surface area contributed by atoms with Crippen LogP contribution in [0, 0.1) is 6.92 Å². The van der Waals surface area contributed by atoms with Crippen molar-refractivity contribution in [1.29, 1.82) is 0 Å². The lowest BCUT2D eigenvalue weighted by atomic mass is 9.95. The van der Waals surface area contributed by atoms with Crippen molar-refractivity contribution in [2.75, 3.05) is 14.2 Å². The number of ether oxygens (including phenoxy) is 2. The molecule has 0 unspecified atom stereocenters. The summed E-state index contributed by atoms with van der Waals surface area (Å²) in [4.78, 5) is 11.6. The molecule has 0 aromatic heterocycles. The number of methoxy groups -OCH3 is 2. The molecule has 0 atom stereocenters. The zero-order chi connectivity index (χ0) is 14.7. The van der Waals surface area contributed by atoms with E-state index >= 15 is 0 Å². The lowest BCUT2D eigenvalue weighted by Crippen LogP contribution is -2.14. The van der Waals surface area contributed by atoms with Crippen molar-refractivity contribution in [2.24, 2.45) is 5.73 Å². The van der Waals surface area contributed by atoms with E-state index in [2.05, 4.69) is 0 Å². The maximum atomic E-state index is 11.6. The van der Waals surface area contributed by atoms with Crippen molar-refractivity contribution in [3.63, 3.8) is 0 Å². The summed E-state index contributed by atoms with van der Waals surface area (Å²) in [5.41, 5.74) is 8.42. The Hall–Kier alpha value is -2.49. The Balaban J connectivity index is 2.83. The Bertz CT molecular complexity index is 636. The van der Waals surface area contributed by atoms with Gasteiger partial charge in [0, 0.05) is 11.1 Å². The molecular weight excluding hydrogens is 254 g/mol. The van der Waals surface area contributed by atoms with Gasteiger partial charge in [-0.05, 0) is 18.6 Å². The maximum absolute atomic E-state index is 11.6. The van der Waals surface area contributed by atoms with Crippen LogP contribution in [-0.4, -0.2) is 20.1 Å². The summed E-state index contributed by atoms with van der Waals surface area (Å²) in [5, 5.41) is 0. The van der Waals surface area contributed by atoms with E-state index in [1.54, 1.807) is 13.2 Å². The quantitative estimate of drug-likeness (QED) is 0.930. The van der Waals surface area contributed by atoms with Gasteiger partial charge in [0.15, 0.2) is 0 Å². The van der Waals surface area contributed by atoms with Gasteiger partial charge in [0.1, 0.15) is 11.5 Å². The van der Waals surface area contributed by atoms with E-state index in [0.29, 0.717) is 17.1 Å². The number of carbonyl (C=O) groups excluding carboxylic acids is 1. The molecule has 2 N–H and O–H groups in total. The number of nitrogens with two attached hydrogens (primary N) is 1. The summed E-state index contributed by atoms with van der Waals surface area (Å²) < 4.78 is 10.8. The van der Waals surface area contributed by atoms with Crippen LogP contribution in [0.5, 0.6) is 11.5 Å². The summed E-state index contributed by atoms with van der Waals surface area (Å²) >= 11 is 0. The predicted octanol–water partition coefficient (Wildman–Crippen LogP) is 2.78. The number of rotatable bonds is 4. The highest BCUT2D eigenvalue weighted by Gasteiger charge is 2.20. The standard InChI is InChI=1S/C16H17NO3/c1-10-13(19-2)9-12(16(17)18)15(20-3)14(10)11-7-5-4-6-8-11/h4-9H,1-3H3,(H2,17,18). The third kappa shape index (κ3) is 2.32. The molecule has 4 heteroatoms. The molecule has 0 fully saturated rings. The second-order valence-corrected chi connectivity index (χ2v) is 4.39. The van der Waals surface area contributed by atoms with Crippen LogP contribution in [0.1, 0.15) is 15.9 Å². The molecular formula is C16H17NO3. The highest BCUT2D eigenvalue weighted by atomic mass is 16.5. The lowest BCUT2D eigenvalue weighted by molar-refractivity contribution is 0.0997. The van der Waals surface area contributed by atoms with Crippen molar-refractivity contribution in [3.8, 4) is 22.6 Å². The van der Waals surface area contributed by atoms with Gasteiger partial charge < -0.3 is 15.2 Å². The van der Waals surface area contributed by atoms with E-state index < -0.39 is 5.91 Å². The first-order chi connectivity index (χ1) is 9.60. The van der Waals surface area contributed by atoms with E-state index in [1.807, 2.05) is 37.3 Å². The second kappa shape index (κ2) is 5.65. The van der Waals surface area contributed by atoms with Gasteiger partial charge in [0.2, 0.25) is 0 Å². The van der Waals surface area contributed by atoms with Gasteiger partial charge in [0.05, 0.1) is 19.8 Å². The Morgan fingerprint density at radius 2 is 1.75 bits per heavy atom. The molecule has 0 spiro atoms. The molecule has 0 bridgehead atoms. The molecule has 0 saturated carbocycles. The highest BCUT2D eigenvalue weighted by molar-refractivity contribution is 5.99. The fourth-order valence-corrected chi connectivity index (χ4v) is 2.29. The minimum Gasteiger partial charge on any atom is -0.496 e. The van der Waals surface area contributed by atoms with Crippen molar-refractivity contribution in [2.45, 2.75) is 6.92 Å². The Morgan fingerprint density at radius 3 is 2.25 bits per heavy atom. The van der Waals surface area contributed by atoms with E-state index in [0.717, 1.165) is 16.7 Å². The summed E-state index contributed by atoms with van der Waals surface area (Å²) in [5.74, 6) is 0.540. The van der Waals surface area contributed by atoms with E-state index in [9.17, 15) is 4.79 Å². The molecule has 4 nitrogen and oxygen atoms in total. The van der Waals surface area contributed by atoms with Gasteiger partial charge >= 0.3 is 0 Å². The molecule has 0 aliphatic carbocycles. The SMILES string of the molecule is COc1cc(C(N)=O)c(OC)c(-c2ccccc2)c1C. The Labute approximate surface area is 118 Å². The Kier molecular flexibility index (Phi) is 3.94. The maximum Gasteiger partial charge on any atom is 0.252 e. The third-order valence-corrected chi connectivity index (χ3v) is 3.24. The molecule has 0 radical (unpaired) electrons. The van der Waals surface area contributed by atoms with Gasteiger partial charge in [-0.15, -0.1) is 0 Å². The third-order valence-electron chi connectivity index (χ3n) is 3.24. The van der Waals surface area contributed by atoms with E-state index in [4.69, 9.17) is 15.2 Å². The fourth-order valence-electron chi connectivity index (χ4n) is 2.29. The molecule has 0 saturated heterocycles. The molecule has 1 amide bonds. The minimum atomic E-state index is -0.544. The first-order valence-electron chi connectivity index (χ1n) is 6.21. The monoisotopic (exact) mass is 271 g/mol. The lowest BCUT2D eigenvalue weighted by Gasteiger charge is -2.18. The van der Waals surface area contributed by atoms with Gasteiger partial charge in [-0.3, -0.25) is 4.79 Å². The second-order valence-electron chi connectivity index (χ2n) is 4.39. The number of amides is 1. The summed E-state index contributed by atoms with van der Waals surface area (Å²) in [6.45, 7) is 1.93. The molecule has 0 aliphatic heterocycles. The van der Waals surface area contributed by atoms with Crippen LogP contribution < -0.4 is 15.2 Å². The molecule has 20 heavy (non-hydrogen) atoms. The zero-order valence-corrected chi connectivity index (χ0v) is 11.8. The van der Waals surface area contributed by atoms with E-state index in [1.165, 1.54) is 7.11 Å². The van der Waals surface area contributed by atoms with Crippen LogP contribution in [0.2, 0.25) is 0 Å². The van der Waals surface area contributed by atoms with Gasteiger partial charge in [0.25, 0.3) is 5.91 Å². The van der Waals surface area contributed by atoms with Crippen molar-refractivity contribution in [3.05, 3.63) is 47.5 Å². The van der Waals surface area contributed by atoms with Crippen molar-refractivity contribution in [1.82, 2.24) is 0 Å². The van der Waals surface area contributed by atoms with Gasteiger partial charge in [-0.1, -0.05) is 30.3 Å². The average Bonchev–Trinajstić information content (AvgIpc) is 2.47. The van der Waals surface area contributed by atoms with Crippen LogP contribution >= 0.6 is 0 Å².